The van der Waals surface area contributed by atoms with Gasteiger partial charge in [-0.1, -0.05) is 18.2 Å². The molecule has 108 valence electrons. The lowest BCUT2D eigenvalue weighted by Crippen LogP contribution is -2.28. The number of aryl methyl sites for hydroxylation is 2. The SMILES string of the molecule is Cc1ccc(-c2cscc2CNCC(F)(F)F)cc1C. The molecule has 0 amide bonds. The van der Waals surface area contributed by atoms with E-state index in [9.17, 15) is 13.2 Å². The van der Waals surface area contributed by atoms with Crippen LogP contribution in [0.2, 0.25) is 0 Å². The van der Waals surface area contributed by atoms with Crippen molar-refractivity contribution in [2.24, 2.45) is 0 Å². The van der Waals surface area contributed by atoms with Gasteiger partial charge in [-0.05, 0) is 52.4 Å². The average molecular weight is 299 g/mol. The van der Waals surface area contributed by atoms with Crippen molar-refractivity contribution in [3.63, 3.8) is 0 Å². The molecule has 20 heavy (non-hydrogen) atoms. The molecule has 0 bridgehead atoms. The lowest BCUT2D eigenvalue weighted by molar-refractivity contribution is -0.125. The van der Waals surface area contributed by atoms with Crippen molar-refractivity contribution in [2.45, 2.75) is 26.6 Å². The van der Waals surface area contributed by atoms with Crippen LogP contribution in [-0.2, 0) is 6.54 Å². The molecule has 0 unspecified atom stereocenters. The largest absolute Gasteiger partial charge is 0.401 e. The van der Waals surface area contributed by atoms with Gasteiger partial charge in [0.2, 0.25) is 0 Å². The first-order valence-electron chi connectivity index (χ1n) is 6.27. The molecule has 0 atom stereocenters. The second kappa shape index (κ2) is 5.97. The predicted molar refractivity (Wildman–Crippen MR) is 77.0 cm³/mol. The van der Waals surface area contributed by atoms with E-state index in [4.69, 9.17) is 0 Å². The lowest BCUT2D eigenvalue weighted by atomic mass is 10.00. The number of hydrogen-bond acceptors (Lipinski definition) is 2. The Bertz CT molecular complexity index is 587. The molecular weight excluding hydrogens is 283 g/mol. The Kier molecular flexibility index (Phi) is 4.50. The molecule has 0 spiro atoms. The molecule has 5 heteroatoms. The highest BCUT2D eigenvalue weighted by atomic mass is 32.1. The summed E-state index contributed by atoms with van der Waals surface area (Å²) in [7, 11) is 0. The van der Waals surface area contributed by atoms with Crippen molar-refractivity contribution in [1.82, 2.24) is 5.32 Å². The van der Waals surface area contributed by atoms with Gasteiger partial charge >= 0.3 is 6.18 Å². The van der Waals surface area contributed by atoms with Crippen molar-refractivity contribution >= 4 is 11.3 Å². The standard InChI is InChI=1S/C15H16F3NS/c1-10-3-4-12(5-11(10)2)14-8-20-7-13(14)6-19-9-15(16,17)18/h3-5,7-8,19H,6,9H2,1-2H3. The lowest BCUT2D eigenvalue weighted by Gasteiger charge is -2.10. The van der Waals surface area contributed by atoms with Crippen LogP contribution in [0.5, 0.6) is 0 Å². The molecule has 0 saturated heterocycles. The zero-order valence-corrected chi connectivity index (χ0v) is 12.2. The van der Waals surface area contributed by atoms with E-state index in [1.54, 1.807) is 0 Å². The number of benzene rings is 1. The van der Waals surface area contributed by atoms with Gasteiger partial charge in [0, 0.05) is 6.54 Å². The van der Waals surface area contributed by atoms with E-state index in [0.717, 1.165) is 16.7 Å². The number of hydrogen-bond donors (Lipinski definition) is 1. The normalized spacial score (nSPS) is 11.8. The quantitative estimate of drug-likeness (QED) is 0.864. The van der Waals surface area contributed by atoms with E-state index in [1.807, 2.05) is 36.7 Å². The second-order valence-electron chi connectivity index (χ2n) is 4.83. The number of thiophene rings is 1. The summed E-state index contributed by atoms with van der Waals surface area (Å²) in [5.74, 6) is 0. The van der Waals surface area contributed by atoms with E-state index >= 15 is 0 Å². The molecule has 0 radical (unpaired) electrons. The van der Waals surface area contributed by atoms with Crippen molar-refractivity contribution < 1.29 is 13.2 Å². The minimum absolute atomic E-state index is 0.227. The van der Waals surface area contributed by atoms with E-state index in [2.05, 4.69) is 11.4 Å². The van der Waals surface area contributed by atoms with Crippen LogP contribution in [0.4, 0.5) is 13.2 Å². The van der Waals surface area contributed by atoms with E-state index < -0.39 is 12.7 Å². The molecule has 0 fully saturated rings. The van der Waals surface area contributed by atoms with Gasteiger partial charge in [-0.2, -0.15) is 24.5 Å². The number of rotatable bonds is 4. The maximum Gasteiger partial charge on any atom is 0.401 e. The van der Waals surface area contributed by atoms with Crippen LogP contribution in [0, 0.1) is 13.8 Å². The fourth-order valence-electron chi connectivity index (χ4n) is 1.96. The predicted octanol–water partition coefficient (Wildman–Crippen LogP) is 4.68. The van der Waals surface area contributed by atoms with Crippen LogP contribution >= 0.6 is 11.3 Å². The number of alkyl halides is 3. The van der Waals surface area contributed by atoms with E-state index in [-0.39, 0.29) is 6.54 Å². The molecule has 1 aromatic carbocycles. The maximum atomic E-state index is 12.1. The summed E-state index contributed by atoms with van der Waals surface area (Å²) >= 11 is 1.51. The van der Waals surface area contributed by atoms with Crippen LogP contribution in [0.1, 0.15) is 16.7 Å². The van der Waals surface area contributed by atoms with Crippen LogP contribution in [0.25, 0.3) is 11.1 Å². The Morgan fingerprint density at radius 2 is 1.85 bits per heavy atom. The molecule has 1 aromatic heterocycles. The first-order chi connectivity index (χ1) is 9.37. The maximum absolute atomic E-state index is 12.1. The number of halogens is 3. The first-order valence-corrected chi connectivity index (χ1v) is 7.21. The van der Waals surface area contributed by atoms with Crippen molar-refractivity contribution in [3.8, 4) is 11.1 Å². The van der Waals surface area contributed by atoms with Crippen molar-refractivity contribution in [3.05, 3.63) is 45.6 Å². The molecule has 1 N–H and O–H groups in total. The third kappa shape index (κ3) is 3.84. The molecule has 2 rings (SSSR count). The molecule has 0 saturated carbocycles. The zero-order valence-electron chi connectivity index (χ0n) is 11.3. The Hall–Kier alpha value is -1.33. The summed E-state index contributed by atoms with van der Waals surface area (Å²) in [6, 6.07) is 6.12. The van der Waals surface area contributed by atoms with Crippen LogP contribution in [-0.4, -0.2) is 12.7 Å². The fraction of sp³-hybridized carbons (Fsp3) is 0.333. The first kappa shape index (κ1) is 15.1. The van der Waals surface area contributed by atoms with Gasteiger partial charge in [0.05, 0.1) is 6.54 Å². The van der Waals surface area contributed by atoms with Crippen molar-refractivity contribution in [1.29, 1.82) is 0 Å². The minimum atomic E-state index is -4.17. The molecule has 1 heterocycles. The molecule has 0 aliphatic rings. The molecule has 1 nitrogen and oxygen atoms in total. The van der Waals surface area contributed by atoms with Gasteiger partial charge in [0.15, 0.2) is 0 Å². The molecule has 2 aromatic rings. The average Bonchev–Trinajstić information content (AvgIpc) is 2.79. The Balaban J connectivity index is 2.14. The fourth-order valence-corrected chi connectivity index (χ4v) is 2.83. The summed E-state index contributed by atoms with van der Waals surface area (Å²) in [4.78, 5) is 0. The summed E-state index contributed by atoms with van der Waals surface area (Å²) in [5, 5.41) is 6.32. The summed E-state index contributed by atoms with van der Waals surface area (Å²) < 4.78 is 36.4. The van der Waals surface area contributed by atoms with Gasteiger partial charge in [0.1, 0.15) is 0 Å². The van der Waals surface area contributed by atoms with Gasteiger partial charge in [-0.3, -0.25) is 0 Å². The number of nitrogens with one attached hydrogen (secondary N) is 1. The highest BCUT2D eigenvalue weighted by molar-refractivity contribution is 7.08. The Morgan fingerprint density at radius 1 is 1.10 bits per heavy atom. The van der Waals surface area contributed by atoms with E-state index in [1.165, 1.54) is 22.5 Å². The summed E-state index contributed by atoms with van der Waals surface area (Å²) in [6.07, 6.45) is -4.17. The highest BCUT2D eigenvalue weighted by Gasteiger charge is 2.26. The van der Waals surface area contributed by atoms with Crippen LogP contribution in [0.15, 0.2) is 29.0 Å². The zero-order chi connectivity index (χ0) is 14.8. The topological polar surface area (TPSA) is 12.0 Å². The molecular formula is C15H16F3NS. The van der Waals surface area contributed by atoms with Crippen molar-refractivity contribution in [2.75, 3.05) is 6.54 Å². The summed E-state index contributed by atoms with van der Waals surface area (Å²) in [6.45, 7) is 3.34. The Morgan fingerprint density at radius 3 is 2.50 bits per heavy atom. The monoisotopic (exact) mass is 299 g/mol. The summed E-state index contributed by atoms with van der Waals surface area (Å²) in [5.41, 5.74) is 5.36. The second-order valence-corrected chi connectivity index (χ2v) is 5.57. The Labute approximate surface area is 120 Å². The van der Waals surface area contributed by atoms with Gasteiger partial charge in [-0.25, -0.2) is 0 Å². The molecule has 0 aliphatic heterocycles. The highest BCUT2D eigenvalue weighted by Crippen LogP contribution is 2.29. The van der Waals surface area contributed by atoms with Gasteiger partial charge in [-0.15, -0.1) is 0 Å². The molecule has 0 aliphatic carbocycles. The minimum Gasteiger partial charge on any atom is -0.305 e. The van der Waals surface area contributed by atoms with Crippen LogP contribution in [0.3, 0.4) is 0 Å². The van der Waals surface area contributed by atoms with Gasteiger partial charge < -0.3 is 5.32 Å². The smallest absolute Gasteiger partial charge is 0.305 e. The third-order valence-corrected chi connectivity index (χ3v) is 3.99. The van der Waals surface area contributed by atoms with Gasteiger partial charge in [0.25, 0.3) is 0 Å². The van der Waals surface area contributed by atoms with Crippen LogP contribution < -0.4 is 5.32 Å². The van der Waals surface area contributed by atoms with E-state index in [0.29, 0.717) is 0 Å². The third-order valence-electron chi connectivity index (χ3n) is 3.20.